The number of aryl methyl sites for hydroxylation is 1. The van der Waals surface area contributed by atoms with E-state index < -0.39 is 121 Å². The van der Waals surface area contributed by atoms with Crippen molar-refractivity contribution in [2.75, 3.05) is 36.9 Å². The highest BCUT2D eigenvalue weighted by Gasteiger charge is 2.51. The second-order valence-corrected chi connectivity index (χ2v) is 26.1. The lowest BCUT2D eigenvalue weighted by molar-refractivity contribution is -0.173. The van der Waals surface area contributed by atoms with E-state index in [0.717, 1.165) is 16.0 Å². The first-order chi connectivity index (χ1) is 47.9. The first-order valence-corrected chi connectivity index (χ1v) is 33.4. The van der Waals surface area contributed by atoms with Gasteiger partial charge in [0.05, 0.1) is 72.4 Å². The van der Waals surface area contributed by atoms with Crippen molar-refractivity contribution in [1.29, 1.82) is 0 Å². The summed E-state index contributed by atoms with van der Waals surface area (Å²) in [7, 11) is 1.46. The van der Waals surface area contributed by atoms with Crippen LogP contribution in [-0.2, 0) is 87.7 Å². The molecule has 3 aliphatic heterocycles. The molecule has 0 fully saturated rings. The highest BCUT2D eigenvalue weighted by Crippen LogP contribution is 2.47. The minimum atomic E-state index is -2.13. The molecule has 1 aliphatic carbocycles. The van der Waals surface area contributed by atoms with E-state index >= 15 is 4.39 Å². The van der Waals surface area contributed by atoms with Gasteiger partial charge in [-0.2, -0.15) is 0 Å². The van der Waals surface area contributed by atoms with Crippen LogP contribution in [0.2, 0.25) is 0 Å². The molecule has 3 unspecified atom stereocenters. The molecule has 0 saturated carbocycles. The molecule has 5 aromatic carbocycles. The van der Waals surface area contributed by atoms with Crippen molar-refractivity contribution in [2.45, 2.75) is 122 Å². The maximum absolute atomic E-state index is 15.6. The van der Waals surface area contributed by atoms with Crippen molar-refractivity contribution in [3.63, 3.8) is 0 Å². The third-order valence-corrected chi connectivity index (χ3v) is 18.6. The Hall–Kier alpha value is -10.3. The number of esters is 2. The molecule has 0 saturated heterocycles. The van der Waals surface area contributed by atoms with E-state index in [-0.39, 0.29) is 84.9 Å². The van der Waals surface area contributed by atoms with Gasteiger partial charge in [0.1, 0.15) is 25.3 Å². The van der Waals surface area contributed by atoms with Gasteiger partial charge in [-0.1, -0.05) is 67.6 Å². The third-order valence-electron chi connectivity index (χ3n) is 18.0. The Morgan fingerprint density at radius 3 is 2.33 bits per heavy atom. The van der Waals surface area contributed by atoms with Crippen molar-refractivity contribution in [2.24, 2.45) is 0 Å². The van der Waals surface area contributed by atoms with E-state index in [1.807, 2.05) is 22.6 Å². The van der Waals surface area contributed by atoms with Gasteiger partial charge in [-0.25, -0.2) is 23.8 Å². The van der Waals surface area contributed by atoms with Crippen LogP contribution in [-0.4, -0.2) is 135 Å². The van der Waals surface area contributed by atoms with E-state index in [0.29, 0.717) is 66.5 Å². The number of ether oxygens (including phenoxy) is 3. The number of nitrogens with one attached hydrogen (secondary N) is 6. The Balaban J connectivity index is 0.680. The quantitative estimate of drug-likeness (QED) is 0.0150. The molecule has 7 amide bonds. The summed E-state index contributed by atoms with van der Waals surface area (Å²) in [5.41, 5.74) is 3.35. The average Bonchev–Trinajstić information content (AvgIpc) is 1.49. The van der Waals surface area contributed by atoms with Crippen LogP contribution in [0.25, 0.3) is 22.3 Å². The van der Waals surface area contributed by atoms with Crippen molar-refractivity contribution in [3.8, 4) is 11.4 Å². The number of nitrogens with zero attached hydrogens (tertiary/aromatic N) is 4. The minimum Gasteiger partial charge on any atom is -0.457 e. The number of hydrogen-bond acceptors (Lipinski definition) is 18. The van der Waals surface area contributed by atoms with E-state index in [1.165, 1.54) is 52.9 Å². The third kappa shape index (κ3) is 15.4. The predicted molar refractivity (Wildman–Crippen MR) is 369 cm³/mol. The van der Waals surface area contributed by atoms with Gasteiger partial charge in [0.2, 0.25) is 29.2 Å². The normalized spacial score (nSPS) is 17.2. The lowest BCUT2D eigenvalue weighted by Gasteiger charge is -2.35. The minimum absolute atomic E-state index is 0.00265. The van der Waals surface area contributed by atoms with Gasteiger partial charge in [-0.15, -0.1) is 0 Å². The molecular weight excluding hydrogens is 1410 g/mol. The van der Waals surface area contributed by atoms with Gasteiger partial charge in [0.25, 0.3) is 17.4 Å². The number of aromatic nitrogens is 2. The fraction of sp³-hybridized carbons (Fsp3) is 0.319. The molecule has 28 heteroatoms. The van der Waals surface area contributed by atoms with Crippen LogP contribution >= 0.6 is 22.6 Å². The maximum atomic E-state index is 15.6. The van der Waals surface area contributed by atoms with Crippen molar-refractivity contribution in [3.05, 3.63) is 202 Å². The summed E-state index contributed by atoms with van der Waals surface area (Å²) in [6, 6.07) is 27.5. The van der Waals surface area contributed by atoms with Crippen LogP contribution in [0, 0.1) is 16.3 Å². The molecule has 100 heavy (non-hydrogen) atoms. The lowest BCUT2D eigenvalue weighted by atomic mass is 9.81. The number of amides is 7. The van der Waals surface area contributed by atoms with Crippen LogP contribution in [0.4, 0.5) is 20.6 Å². The number of rotatable bonds is 25. The van der Waals surface area contributed by atoms with Gasteiger partial charge < -0.3 is 65.6 Å². The number of pyridine rings is 2. The second-order valence-electron chi connectivity index (χ2n) is 24.9. The Bertz CT molecular complexity index is 4530. The number of aliphatic hydroxyl groups is 3. The molecule has 0 radical (unpaired) electrons. The largest absolute Gasteiger partial charge is 0.457 e. The Labute approximate surface area is 585 Å². The van der Waals surface area contributed by atoms with Crippen molar-refractivity contribution in [1.82, 2.24) is 41.0 Å². The Morgan fingerprint density at radius 2 is 1.60 bits per heavy atom. The number of fused-ring (bicyclic) bond motifs is 5. The number of carbonyl (C=O) groups is 9. The molecule has 0 spiro atoms. The fourth-order valence-electron chi connectivity index (χ4n) is 12.8. The summed E-state index contributed by atoms with van der Waals surface area (Å²) in [5.74, 6) is -5.68. The molecule has 0 bridgehead atoms. The topological polar surface area (TPSA) is 356 Å². The van der Waals surface area contributed by atoms with Crippen LogP contribution in [0.5, 0.6) is 0 Å². The molecule has 9 N–H and O–H groups in total. The molecule has 6 atom stereocenters. The predicted octanol–water partition coefficient (Wildman–Crippen LogP) is 5.37. The number of cyclic esters (lactones) is 1. The lowest BCUT2D eigenvalue weighted by Crippen LogP contribution is -2.54. The molecule has 7 aromatic rings. The summed E-state index contributed by atoms with van der Waals surface area (Å²) in [5, 5.41) is 48.2. The summed E-state index contributed by atoms with van der Waals surface area (Å²) in [6.45, 7) is 2.72. The fourth-order valence-corrected chi connectivity index (χ4v) is 13.5. The summed E-state index contributed by atoms with van der Waals surface area (Å²) in [6.07, 6.45) is -0.451. The molecule has 5 heterocycles. The molecule has 4 aliphatic rings. The van der Waals surface area contributed by atoms with Gasteiger partial charge in [-0.05, 0) is 150 Å². The monoisotopic (exact) mass is 1480 g/mol. The summed E-state index contributed by atoms with van der Waals surface area (Å²) < 4.78 is 35.2. The smallest absolute Gasteiger partial charge is 0.410 e. The van der Waals surface area contributed by atoms with E-state index in [9.17, 15) is 63.3 Å². The highest BCUT2D eigenvalue weighted by molar-refractivity contribution is 14.1. The van der Waals surface area contributed by atoms with Crippen molar-refractivity contribution < 1.29 is 77.1 Å². The second kappa shape index (κ2) is 30.5. The van der Waals surface area contributed by atoms with Crippen LogP contribution < -0.4 is 42.4 Å². The zero-order valence-corrected chi connectivity index (χ0v) is 57.0. The Morgan fingerprint density at radius 1 is 0.860 bits per heavy atom. The molecule has 11 rings (SSSR count). The van der Waals surface area contributed by atoms with E-state index in [2.05, 4.69) is 31.9 Å². The molecular formula is C72H72FIN10O16. The van der Waals surface area contributed by atoms with Crippen LogP contribution in [0.1, 0.15) is 116 Å². The summed E-state index contributed by atoms with van der Waals surface area (Å²) in [4.78, 5) is 142. The zero-order chi connectivity index (χ0) is 71.3. The highest BCUT2D eigenvalue weighted by atomic mass is 127. The number of carbonyl (C=O) groups excluding carboxylic acids is 9. The number of anilines is 2. The first kappa shape index (κ1) is 71.0. The molecule has 26 nitrogen and oxygen atoms in total. The Kier molecular flexibility index (Phi) is 21.6. The maximum Gasteiger partial charge on any atom is 0.410 e. The SMILES string of the molecule is CC[C@@]1(OC(=O)c2ccccc2CN(C)C(=O)OCc2ccc(NC(=O)CNC(O)[C@H](Cc3ccccc3)NC(=O)CNC(=O)CNC(=O)c3cc(I)cc(N4C(=O)C=CC4O)c3)cc2)C(=O)OCc2c1cc1n(c2=O)Cc2c-1nc1cc(F)c(C)c3c1c2[C@@H](NC(=O)CCC(C)O)CC3. The molecule has 2 aromatic heterocycles. The van der Waals surface area contributed by atoms with Gasteiger partial charge >= 0.3 is 18.0 Å². The number of halogens is 2. The van der Waals surface area contributed by atoms with E-state index in [1.54, 1.807) is 106 Å². The number of hydrogen-bond donors (Lipinski definition) is 9. The zero-order valence-electron chi connectivity index (χ0n) is 54.8. The van der Waals surface area contributed by atoms with Gasteiger partial charge in [0.15, 0.2) is 6.23 Å². The standard InChI is InChI=1S/C72H72FIN10O16/c1-5-72(51-29-56-65-49(35-83(56)68(94)50(51)37-98-70(72)96)64-53(79-57(86)22-15-38(2)85)21-20-47-39(3)52(73)30-54(81-65)63(47)64)100-69(95)48-14-10-9-13-42(48)34-82(4)71(97)99-36-41-16-18-45(19-17-41)78-59(88)33-77-67(93)55(25-40-11-7-6-8-12-40)80-60(89)32-75-58(87)31-76-66(92)43-26-44(74)28-46(27-43)84-61(90)23-24-62(84)91/h6-14,16-19,23-24,26-30,38,53,55,61,67,77,85,90,93H,5,15,20-22,25,31-37H2,1-4H3,(H,75,87)(H,76,92)(H,78,88)(H,79,86)(H,80,89)/t38?,53-,55-,61?,67?,72-/m0/s1. The molecule has 520 valence electrons. The van der Waals surface area contributed by atoms with Crippen molar-refractivity contribution >= 4 is 98.3 Å². The van der Waals surface area contributed by atoms with Crippen LogP contribution in [0.3, 0.4) is 0 Å². The number of aliphatic hydroxyl groups excluding tert-OH is 3. The van der Waals surface area contributed by atoms with Gasteiger partial charge in [-0.3, -0.25) is 43.8 Å². The summed E-state index contributed by atoms with van der Waals surface area (Å²) >= 11 is 1.96. The average molecular weight is 1480 g/mol. The number of benzene rings is 5. The van der Waals surface area contributed by atoms with E-state index in [4.69, 9.17) is 19.2 Å². The first-order valence-electron chi connectivity index (χ1n) is 32.3. The van der Waals surface area contributed by atoms with Crippen LogP contribution in [0.15, 0.2) is 126 Å². The van der Waals surface area contributed by atoms with Gasteiger partial charge in [0, 0.05) is 69.2 Å².